The molecule has 0 saturated heterocycles. The van der Waals surface area contributed by atoms with E-state index < -0.39 is 0 Å². The van der Waals surface area contributed by atoms with Gasteiger partial charge in [0.15, 0.2) is 5.82 Å². The Morgan fingerprint density at radius 2 is 1.15 bits per heavy atom. The predicted octanol–water partition coefficient (Wildman–Crippen LogP) is 14.6. The number of aromatic nitrogens is 2. The zero-order chi connectivity index (χ0) is 39.3. The number of benzene rings is 7. The van der Waals surface area contributed by atoms with Gasteiger partial charge in [-0.25, -0.2) is 9.97 Å². The quantitative estimate of drug-likeness (QED) is 0.178. The first-order chi connectivity index (χ1) is 29.0. The molecule has 9 aromatic rings. The van der Waals surface area contributed by atoms with Crippen LogP contribution in [0.2, 0.25) is 0 Å². The number of allylic oxidation sites excluding steroid dienone is 4. The van der Waals surface area contributed by atoms with Crippen molar-refractivity contribution in [1.82, 2.24) is 9.97 Å². The van der Waals surface area contributed by atoms with E-state index in [4.69, 9.17) is 9.97 Å². The van der Waals surface area contributed by atoms with Crippen molar-refractivity contribution in [3.8, 4) is 45.0 Å². The summed E-state index contributed by atoms with van der Waals surface area (Å²) >= 11 is 1.83. The molecular formula is C56H40N2S. The van der Waals surface area contributed by atoms with Gasteiger partial charge in [-0.15, -0.1) is 11.3 Å². The third kappa shape index (κ3) is 4.98. The second-order valence-corrected chi connectivity index (χ2v) is 17.8. The van der Waals surface area contributed by atoms with Gasteiger partial charge < -0.3 is 0 Å². The molecule has 3 aliphatic carbocycles. The Balaban J connectivity index is 1.06. The summed E-state index contributed by atoms with van der Waals surface area (Å²) < 4.78 is 2.54. The predicted molar refractivity (Wildman–Crippen MR) is 247 cm³/mol. The Morgan fingerprint density at radius 1 is 0.492 bits per heavy atom. The molecule has 0 aliphatic heterocycles. The van der Waals surface area contributed by atoms with E-state index in [0.717, 1.165) is 46.7 Å². The number of fused-ring (bicyclic) bond motifs is 11. The Morgan fingerprint density at radius 3 is 2.03 bits per heavy atom. The summed E-state index contributed by atoms with van der Waals surface area (Å²) in [5.74, 6) is 0.730. The molecule has 1 unspecified atom stereocenters. The lowest BCUT2D eigenvalue weighted by Gasteiger charge is -2.48. The Labute approximate surface area is 348 Å². The molecule has 59 heavy (non-hydrogen) atoms. The van der Waals surface area contributed by atoms with Gasteiger partial charge in [0.25, 0.3) is 0 Å². The third-order valence-corrected chi connectivity index (χ3v) is 14.4. The van der Waals surface area contributed by atoms with Crippen LogP contribution in [0.15, 0.2) is 188 Å². The van der Waals surface area contributed by atoms with Gasteiger partial charge in [-0.05, 0) is 92.8 Å². The van der Waals surface area contributed by atoms with Gasteiger partial charge in [0.05, 0.1) is 16.8 Å². The van der Waals surface area contributed by atoms with Gasteiger partial charge in [-0.1, -0.05) is 172 Å². The fourth-order valence-corrected chi connectivity index (χ4v) is 11.9. The van der Waals surface area contributed by atoms with Crippen LogP contribution in [0.5, 0.6) is 0 Å². The smallest absolute Gasteiger partial charge is 0.160 e. The minimum Gasteiger partial charge on any atom is -0.228 e. The Kier molecular flexibility index (Phi) is 7.52. The van der Waals surface area contributed by atoms with Gasteiger partial charge in [0.1, 0.15) is 0 Å². The van der Waals surface area contributed by atoms with Gasteiger partial charge in [-0.3, -0.25) is 0 Å². The summed E-state index contributed by atoms with van der Waals surface area (Å²) in [5, 5.41) is 2.56. The lowest BCUT2D eigenvalue weighted by molar-refractivity contribution is 0.551. The van der Waals surface area contributed by atoms with Crippen LogP contribution in [0, 0.1) is 0 Å². The largest absolute Gasteiger partial charge is 0.228 e. The Hall–Kier alpha value is -6.68. The van der Waals surface area contributed by atoms with Gasteiger partial charge in [0.2, 0.25) is 0 Å². The standard InChI is InChI=1S/C56H40N2S/c1-55(2)46-26-11-12-27-47(46)56(44-24-9-6-20-40(44)41-21-7-10-25-45(41)56)48-28-15-23-39(53(48)55)36-18-14-19-37(32-36)50-34-49(35-16-4-3-5-17-35)57-54(58-50)38-30-31-43-42-22-8-13-29-51(42)59-52(43)33-38/h3-9,11-24,26-34H,10,25H2,1-2H3. The van der Waals surface area contributed by atoms with Crippen LogP contribution in [-0.2, 0) is 10.8 Å². The van der Waals surface area contributed by atoms with Crippen molar-refractivity contribution in [2.75, 3.05) is 0 Å². The highest BCUT2D eigenvalue weighted by molar-refractivity contribution is 7.25. The SMILES string of the molecule is CC1(C)c2ccccc2C2(C3=C(C=CCC3)c3ccccc32)c2cccc(-c3cccc(-c4cc(-c5ccccc5)nc(-c5ccc6c(c5)sc5ccccc56)n4)c3)c21. The lowest BCUT2D eigenvalue weighted by atomic mass is 9.53. The topological polar surface area (TPSA) is 25.8 Å². The van der Waals surface area contributed by atoms with E-state index >= 15 is 0 Å². The van der Waals surface area contributed by atoms with Crippen molar-refractivity contribution < 1.29 is 0 Å². The molecule has 280 valence electrons. The van der Waals surface area contributed by atoms with Crippen molar-refractivity contribution in [3.05, 3.63) is 221 Å². The molecule has 2 nitrogen and oxygen atoms in total. The Bertz CT molecular complexity index is 3250. The minimum atomic E-state index is -0.354. The van der Waals surface area contributed by atoms with Gasteiger partial charge in [-0.2, -0.15) is 0 Å². The summed E-state index contributed by atoms with van der Waals surface area (Å²) in [5.41, 5.74) is 18.2. The van der Waals surface area contributed by atoms with Crippen molar-refractivity contribution in [2.45, 2.75) is 37.5 Å². The fourth-order valence-electron chi connectivity index (χ4n) is 10.7. The number of hydrogen-bond donors (Lipinski definition) is 0. The highest BCUT2D eigenvalue weighted by Crippen LogP contribution is 2.63. The molecule has 12 rings (SSSR count). The first-order valence-corrected chi connectivity index (χ1v) is 21.5. The average molecular weight is 773 g/mol. The van der Waals surface area contributed by atoms with E-state index in [1.807, 2.05) is 11.3 Å². The molecule has 2 aromatic heterocycles. The maximum absolute atomic E-state index is 5.35. The first kappa shape index (κ1) is 34.4. The van der Waals surface area contributed by atoms with Crippen LogP contribution in [0.3, 0.4) is 0 Å². The van der Waals surface area contributed by atoms with Crippen molar-refractivity contribution in [3.63, 3.8) is 0 Å². The molecule has 0 fully saturated rings. The highest BCUT2D eigenvalue weighted by Gasteiger charge is 2.54. The third-order valence-electron chi connectivity index (χ3n) is 13.2. The molecule has 1 atom stereocenters. The van der Waals surface area contributed by atoms with Crippen LogP contribution >= 0.6 is 11.3 Å². The maximum atomic E-state index is 5.35. The zero-order valence-corrected chi connectivity index (χ0v) is 33.9. The van der Waals surface area contributed by atoms with Crippen LogP contribution in [0.4, 0.5) is 0 Å². The van der Waals surface area contributed by atoms with Crippen LogP contribution in [-0.4, -0.2) is 9.97 Å². The highest BCUT2D eigenvalue weighted by atomic mass is 32.1. The van der Waals surface area contributed by atoms with Gasteiger partial charge >= 0.3 is 0 Å². The summed E-state index contributed by atoms with van der Waals surface area (Å²) in [7, 11) is 0. The van der Waals surface area contributed by atoms with E-state index in [1.54, 1.807) is 0 Å². The van der Waals surface area contributed by atoms with Crippen LogP contribution < -0.4 is 0 Å². The summed E-state index contributed by atoms with van der Waals surface area (Å²) in [4.78, 5) is 10.6. The normalized spacial score (nSPS) is 17.3. The van der Waals surface area contributed by atoms with Crippen molar-refractivity contribution in [2.24, 2.45) is 0 Å². The number of thiophene rings is 1. The summed E-state index contributed by atoms with van der Waals surface area (Å²) in [6, 6.07) is 62.5. The van der Waals surface area contributed by atoms with E-state index in [9.17, 15) is 0 Å². The van der Waals surface area contributed by atoms with E-state index in [-0.39, 0.29) is 10.8 Å². The molecule has 0 radical (unpaired) electrons. The molecule has 0 saturated carbocycles. The number of hydrogen-bond acceptors (Lipinski definition) is 3. The maximum Gasteiger partial charge on any atom is 0.160 e. The summed E-state index contributed by atoms with van der Waals surface area (Å²) in [6.07, 6.45) is 6.85. The van der Waals surface area contributed by atoms with E-state index in [0.29, 0.717) is 0 Å². The molecule has 2 heterocycles. The number of rotatable bonds is 4. The first-order valence-electron chi connectivity index (χ1n) is 20.7. The molecule has 0 amide bonds. The fraction of sp³-hybridized carbons (Fsp3) is 0.107. The van der Waals surface area contributed by atoms with Crippen LogP contribution in [0.25, 0.3) is 70.8 Å². The van der Waals surface area contributed by atoms with Gasteiger partial charge in [0, 0.05) is 42.3 Å². The summed E-state index contributed by atoms with van der Waals surface area (Å²) in [6.45, 7) is 4.86. The molecule has 3 heteroatoms. The molecule has 3 aliphatic rings. The number of nitrogens with zero attached hydrogens (tertiary/aromatic N) is 2. The van der Waals surface area contributed by atoms with E-state index in [2.05, 4.69) is 196 Å². The van der Waals surface area contributed by atoms with Crippen LogP contribution in [0.1, 0.15) is 60.1 Å². The molecule has 0 N–H and O–H groups in total. The van der Waals surface area contributed by atoms with Crippen molar-refractivity contribution in [1.29, 1.82) is 0 Å². The second kappa shape index (κ2) is 12.9. The monoisotopic (exact) mass is 772 g/mol. The molecular weight excluding hydrogens is 733 g/mol. The second-order valence-electron chi connectivity index (χ2n) is 16.7. The van der Waals surface area contributed by atoms with E-state index in [1.165, 1.54) is 75.8 Å². The zero-order valence-electron chi connectivity index (χ0n) is 33.0. The lowest BCUT2D eigenvalue weighted by Crippen LogP contribution is -2.41. The van der Waals surface area contributed by atoms with Crippen molar-refractivity contribution >= 4 is 37.1 Å². The molecule has 0 bridgehead atoms. The molecule has 7 aromatic carbocycles. The average Bonchev–Trinajstić information content (AvgIpc) is 3.82. The minimum absolute atomic E-state index is 0.250. The molecule has 1 spiro atoms.